The highest BCUT2D eigenvalue weighted by atomic mass is 32.2. The molecule has 1 aliphatic rings. The third-order valence-electron chi connectivity index (χ3n) is 5.03. The minimum absolute atomic E-state index is 0.0573. The summed E-state index contributed by atoms with van der Waals surface area (Å²) in [5, 5.41) is 2.48. The summed E-state index contributed by atoms with van der Waals surface area (Å²) in [5.74, 6) is -0.496. The SMILES string of the molecule is CC1CN(S(C)(=O)=O)C(C)CN1c1nc(N)nc(Nc2cc(S(=O)(=O)O)ccc2S(=O)(=O)O)n1. The molecular weight excluding hydrogens is 514 g/mol. The summed E-state index contributed by atoms with van der Waals surface area (Å²) >= 11 is 0. The number of hydrogen-bond donors (Lipinski definition) is 4. The van der Waals surface area contributed by atoms with Crippen molar-refractivity contribution in [1.29, 1.82) is 0 Å². The monoisotopic (exact) mass is 537 g/mol. The molecule has 1 saturated heterocycles. The molecule has 0 spiro atoms. The van der Waals surface area contributed by atoms with Crippen molar-refractivity contribution in [2.45, 2.75) is 35.7 Å². The third kappa shape index (κ3) is 5.70. The number of sulfonamides is 1. The van der Waals surface area contributed by atoms with Crippen molar-refractivity contribution in [3.63, 3.8) is 0 Å². The Morgan fingerprint density at radius 1 is 0.971 bits per heavy atom. The van der Waals surface area contributed by atoms with Crippen molar-refractivity contribution in [2.24, 2.45) is 0 Å². The van der Waals surface area contributed by atoms with Gasteiger partial charge >= 0.3 is 0 Å². The molecule has 5 N–H and O–H groups in total. The van der Waals surface area contributed by atoms with Crippen molar-refractivity contribution >= 4 is 53.8 Å². The van der Waals surface area contributed by atoms with Crippen LogP contribution in [0.3, 0.4) is 0 Å². The molecule has 2 atom stereocenters. The van der Waals surface area contributed by atoms with Crippen LogP contribution >= 0.6 is 0 Å². The molecule has 188 valence electrons. The van der Waals surface area contributed by atoms with E-state index in [1.165, 1.54) is 4.31 Å². The van der Waals surface area contributed by atoms with E-state index < -0.39 is 51.8 Å². The fraction of sp³-hybridized carbons (Fsp3) is 0.438. The molecule has 2 unspecified atom stereocenters. The number of rotatable bonds is 6. The quantitative estimate of drug-likeness (QED) is 0.342. The largest absolute Gasteiger partial charge is 0.368 e. The van der Waals surface area contributed by atoms with E-state index in [1.54, 1.807) is 18.7 Å². The van der Waals surface area contributed by atoms with Crippen LogP contribution in [0.25, 0.3) is 0 Å². The number of nitrogen functional groups attached to an aromatic ring is 1. The summed E-state index contributed by atoms with van der Waals surface area (Å²) in [6.07, 6.45) is 1.11. The summed E-state index contributed by atoms with van der Waals surface area (Å²) in [6, 6.07) is 1.56. The van der Waals surface area contributed by atoms with Gasteiger partial charge in [-0.15, -0.1) is 0 Å². The summed E-state index contributed by atoms with van der Waals surface area (Å²) < 4.78 is 90.6. The van der Waals surface area contributed by atoms with Crippen molar-refractivity contribution < 1.29 is 34.4 Å². The summed E-state index contributed by atoms with van der Waals surface area (Å²) in [5.41, 5.74) is 5.33. The first-order valence-corrected chi connectivity index (χ1v) is 14.3. The van der Waals surface area contributed by atoms with Crippen molar-refractivity contribution in [3.8, 4) is 0 Å². The van der Waals surface area contributed by atoms with Crippen LogP contribution in [0.2, 0.25) is 0 Å². The zero-order valence-corrected chi connectivity index (χ0v) is 20.6. The van der Waals surface area contributed by atoms with Gasteiger partial charge in [-0.05, 0) is 32.0 Å². The molecule has 1 aromatic heterocycles. The molecule has 0 saturated carbocycles. The summed E-state index contributed by atoms with van der Waals surface area (Å²) in [6.45, 7) is 3.83. The van der Waals surface area contributed by atoms with Crippen molar-refractivity contribution in [2.75, 3.05) is 35.3 Å². The predicted octanol–water partition coefficient (Wildman–Crippen LogP) is -0.451. The molecule has 0 aliphatic carbocycles. The van der Waals surface area contributed by atoms with E-state index in [0.717, 1.165) is 24.5 Å². The summed E-state index contributed by atoms with van der Waals surface area (Å²) in [7, 11) is -12.9. The maximum absolute atomic E-state index is 12.0. The molecule has 3 rings (SSSR count). The lowest BCUT2D eigenvalue weighted by Gasteiger charge is -2.42. The predicted molar refractivity (Wildman–Crippen MR) is 121 cm³/mol. The van der Waals surface area contributed by atoms with Crippen molar-refractivity contribution in [3.05, 3.63) is 18.2 Å². The molecule has 34 heavy (non-hydrogen) atoms. The van der Waals surface area contributed by atoms with Crippen LogP contribution in [-0.2, 0) is 30.3 Å². The normalized spacial score (nSPS) is 20.3. The Labute approximate surface area is 196 Å². The van der Waals surface area contributed by atoms with E-state index in [1.807, 2.05) is 0 Å². The van der Waals surface area contributed by atoms with Gasteiger partial charge in [0, 0.05) is 25.2 Å². The highest BCUT2D eigenvalue weighted by Gasteiger charge is 2.35. The Balaban J connectivity index is 2.01. The lowest BCUT2D eigenvalue weighted by atomic mass is 10.1. The average Bonchev–Trinajstić information content (AvgIpc) is 2.66. The molecule has 18 heteroatoms. The minimum Gasteiger partial charge on any atom is -0.368 e. The first-order valence-electron chi connectivity index (χ1n) is 9.58. The van der Waals surface area contributed by atoms with Crippen LogP contribution < -0.4 is 16.0 Å². The van der Waals surface area contributed by atoms with Gasteiger partial charge in [0.1, 0.15) is 4.90 Å². The molecule has 0 radical (unpaired) electrons. The van der Waals surface area contributed by atoms with Gasteiger partial charge < -0.3 is 16.0 Å². The lowest BCUT2D eigenvalue weighted by Crippen LogP contribution is -2.58. The van der Waals surface area contributed by atoms with Crippen LogP contribution in [0.4, 0.5) is 23.5 Å². The first-order chi connectivity index (χ1) is 15.5. The van der Waals surface area contributed by atoms with Crippen LogP contribution in [0.5, 0.6) is 0 Å². The second-order valence-corrected chi connectivity index (χ2v) is 12.5. The number of nitrogens with zero attached hydrogens (tertiary/aromatic N) is 5. The number of piperazine rings is 1. The number of nitrogens with one attached hydrogen (secondary N) is 1. The van der Waals surface area contributed by atoms with Crippen LogP contribution in [0.1, 0.15) is 13.8 Å². The maximum Gasteiger partial charge on any atom is 0.296 e. The van der Waals surface area contributed by atoms with E-state index in [2.05, 4.69) is 20.3 Å². The number of aromatic nitrogens is 3. The Kier molecular flexibility index (Phi) is 6.77. The third-order valence-corrected chi connectivity index (χ3v) is 8.15. The Morgan fingerprint density at radius 3 is 2.18 bits per heavy atom. The van der Waals surface area contributed by atoms with E-state index in [9.17, 15) is 34.4 Å². The second kappa shape index (κ2) is 8.86. The molecule has 15 nitrogen and oxygen atoms in total. The van der Waals surface area contributed by atoms with Gasteiger partial charge in [-0.1, -0.05) is 0 Å². The number of anilines is 4. The molecular formula is C16H23N7O8S3. The van der Waals surface area contributed by atoms with E-state index in [0.29, 0.717) is 0 Å². The van der Waals surface area contributed by atoms with Gasteiger partial charge in [-0.25, -0.2) is 8.42 Å². The lowest BCUT2D eigenvalue weighted by molar-refractivity contribution is 0.273. The van der Waals surface area contributed by atoms with E-state index >= 15 is 0 Å². The average molecular weight is 538 g/mol. The zero-order valence-electron chi connectivity index (χ0n) is 18.2. The fourth-order valence-electron chi connectivity index (χ4n) is 3.51. The second-order valence-electron chi connectivity index (χ2n) is 7.73. The molecule has 0 bridgehead atoms. The van der Waals surface area contributed by atoms with Gasteiger partial charge in [0.25, 0.3) is 20.2 Å². The van der Waals surface area contributed by atoms with Gasteiger partial charge in [-0.3, -0.25) is 9.11 Å². The number of nitrogens with two attached hydrogens (primary N) is 1. The molecule has 1 aromatic carbocycles. The van der Waals surface area contributed by atoms with Crippen molar-refractivity contribution in [1.82, 2.24) is 19.3 Å². The van der Waals surface area contributed by atoms with E-state index in [-0.39, 0.29) is 37.0 Å². The highest BCUT2D eigenvalue weighted by Crippen LogP contribution is 2.28. The summed E-state index contributed by atoms with van der Waals surface area (Å²) in [4.78, 5) is 12.5. The van der Waals surface area contributed by atoms with Gasteiger partial charge in [0.15, 0.2) is 0 Å². The fourth-order valence-corrected chi connectivity index (χ4v) is 5.85. The Morgan fingerprint density at radius 2 is 1.62 bits per heavy atom. The maximum atomic E-state index is 12.0. The standard InChI is InChI=1S/C16H23N7O8S3/c1-9-8-23(32(3,24)25)10(2)7-22(9)16-20-14(17)19-15(21-16)18-12-6-11(33(26,27)28)4-5-13(12)34(29,30)31/h4-6,9-10H,7-8H2,1-3H3,(H,26,27,28)(H,29,30,31)(H3,17,18,19,20,21). The van der Waals surface area contributed by atoms with Gasteiger partial charge in [-0.2, -0.15) is 36.1 Å². The van der Waals surface area contributed by atoms with Crippen LogP contribution in [0.15, 0.2) is 28.0 Å². The zero-order chi connectivity index (χ0) is 25.6. The molecule has 1 fully saturated rings. The van der Waals surface area contributed by atoms with E-state index in [4.69, 9.17) is 5.73 Å². The van der Waals surface area contributed by atoms with Crippen LogP contribution in [0, 0.1) is 0 Å². The molecule has 2 heterocycles. The first kappa shape index (κ1) is 26.0. The molecule has 1 aliphatic heterocycles. The molecule has 2 aromatic rings. The van der Waals surface area contributed by atoms with Gasteiger partial charge in [0.2, 0.25) is 27.9 Å². The topological polar surface area (TPSA) is 226 Å². The number of benzene rings is 1. The van der Waals surface area contributed by atoms with Crippen LogP contribution in [-0.4, -0.2) is 85.0 Å². The molecule has 0 amide bonds. The Hall–Kier alpha value is -2.64. The Bertz CT molecular complexity index is 1430. The highest BCUT2D eigenvalue weighted by molar-refractivity contribution is 7.88. The number of hydrogen-bond acceptors (Lipinski definition) is 12. The van der Waals surface area contributed by atoms with Gasteiger partial charge in [0.05, 0.1) is 16.8 Å². The smallest absolute Gasteiger partial charge is 0.296 e. The minimum atomic E-state index is -4.81.